The molecule has 1 aliphatic heterocycles. The summed E-state index contributed by atoms with van der Waals surface area (Å²) in [6.45, 7) is 5.92. The van der Waals surface area contributed by atoms with Gasteiger partial charge in [-0.05, 0) is 43.0 Å². The van der Waals surface area contributed by atoms with Crippen molar-refractivity contribution in [3.8, 4) is 11.8 Å². The van der Waals surface area contributed by atoms with Crippen LogP contribution in [-0.2, 0) is 6.54 Å². The first kappa shape index (κ1) is 15.1. The normalized spacial score (nSPS) is 18.8. The van der Waals surface area contributed by atoms with Gasteiger partial charge in [-0.25, -0.2) is 0 Å². The van der Waals surface area contributed by atoms with Crippen molar-refractivity contribution in [2.24, 2.45) is 5.92 Å². The molecule has 0 bridgehead atoms. The van der Waals surface area contributed by atoms with Gasteiger partial charge in [-0.1, -0.05) is 37.3 Å². The quantitative estimate of drug-likeness (QED) is 0.832. The predicted octanol–water partition coefficient (Wildman–Crippen LogP) is 3.04. The molecule has 1 unspecified atom stereocenters. The largest absolute Gasteiger partial charge is 0.395 e. The molecule has 1 aromatic rings. The van der Waals surface area contributed by atoms with Gasteiger partial charge in [0, 0.05) is 25.1 Å². The van der Waals surface area contributed by atoms with E-state index in [0.717, 1.165) is 18.0 Å². The van der Waals surface area contributed by atoms with Gasteiger partial charge in [-0.15, -0.1) is 0 Å². The van der Waals surface area contributed by atoms with E-state index in [1.165, 1.54) is 37.9 Å². The zero-order valence-corrected chi connectivity index (χ0v) is 12.4. The van der Waals surface area contributed by atoms with Crippen molar-refractivity contribution in [2.75, 3.05) is 19.7 Å². The topological polar surface area (TPSA) is 23.5 Å². The Morgan fingerprint density at radius 3 is 3.10 bits per heavy atom. The monoisotopic (exact) mass is 271 g/mol. The van der Waals surface area contributed by atoms with Gasteiger partial charge < -0.3 is 5.11 Å². The molecule has 108 valence electrons. The SMILES string of the molecule is CCCC1CCN(Cc2cccc(C#CCCO)c2)C1. The van der Waals surface area contributed by atoms with Crippen LogP contribution in [0.3, 0.4) is 0 Å². The molecule has 1 saturated heterocycles. The van der Waals surface area contributed by atoms with Crippen LogP contribution in [0.5, 0.6) is 0 Å². The lowest BCUT2D eigenvalue weighted by Crippen LogP contribution is -2.20. The summed E-state index contributed by atoms with van der Waals surface area (Å²) in [7, 11) is 0. The van der Waals surface area contributed by atoms with E-state index in [9.17, 15) is 0 Å². The molecule has 2 heteroatoms. The van der Waals surface area contributed by atoms with Crippen LogP contribution in [0.2, 0.25) is 0 Å². The highest BCUT2D eigenvalue weighted by atomic mass is 16.2. The van der Waals surface area contributed by atoms with E-state index in [-0.39, 0.29) is 6.61 Å². The number of aliphatic hydroxyl groups excluding tert-OH is 1. The van der Waals surface area contributed by atoms with Crippen molar-refractivity contribution >= 4 is 0 Å². The Morgan fingerprint density at radius 2 is 2.30 bits per heavy atom. The summed E-state index contributed by atoms with van der Waals surface area (Å²) in [4.78, 5) is 2.56. The van der Waals surface area contributed by atoms with E-state index in [0.29, 0.717) is 6.42 Å². The number of rotatable bonds is 5. The van der Waals surface area contributed by atoms with Crippen LogP contribution in [0, 0.1) is 17.8 Å². The summed E-state index contributed by atoms with van der Waals surface area (Å²) < 4.78 is 0. The number of aliphatic hydroxyl groups is 1. The minimum Gasteiger partial charge on any atom is -0.395 e. The predicted molar refractivity (Wildman–Crippen MR) is 83.3 cm³/mol. The van der Waals surface area contributed by atoms with Crippen molar-refractivity contribution < 1.29 is 5.11 Å². The fraction of sp³-hybridized carbons (Fsp3) is 0.556. The molecule has 1 N–H and O–H groups in total. The summed E-state index contributed by atoms with van der Waals surface area (Å²) >= 11 is 0. The summed E-state index contributed by atoms with van der Waals surface area (Å²) in [5.74, 6) is 6.99. The van der Waals surface area contributed by atoms with Crippen LogP contribution in [-0.4, -0.2) is 29.7 Å². The van der Waals surface area contributed by atoms with Crippen molar-refractivity contribution in [1.29, 1.82) is 0 Å². The number of nitrogens with zero attached hydrogens (tertiary/aromatic N) is 1. The molecular formula is C18H25NO. The third kappa shape index (κ3) is 4.67. The van der Waals surface area contributed by atoms with Crippen LogP contribution in [0.25, 0.3) is 0 Å². The van der Waals surface area contributed by atoms with E-state index < -0.39 is 0 Å². The van der Waals surface area contributed by atoms with Crippen molar-refractivity contribution in [3.05, 3.63) is 35.4 Å². The average Bonchev–Trinajstić information content (AvgIpc) is 2.87. The Labute approximate surface area is 122 Å². The third-order valence-electron chi connectivity index (χ3n) is 3.87. The van der Waals surface area contributed by atoms with Crippen LogP contribution in [0.15, 0.2) is 24.3 Å². The second-order valence-corrected chi connectivity index (χ2v) is 5.65. The first-order chi connectivity index (χ1) is 9.81. The van der Waals surface area contributed by atoms with Crippen LogP contribution < -0.4 is 0 Å². The summed E-state index contributed by atoms with van der Waals surface area (Å²) in [5.41, 5.74) is 2.40. The zero-order valence-electron chi connectivity index (χ0n) is 12.4. The van der Waals surface area contributed by atoms with E-state index in [1.807, 2.05) is 6.07 Å². The molecule has 0 radical (unpaired) electrons. The standard InChI is InChI=1S/C18H25NO/c1-2-6-17-10-11-19(14-17)15-18-9-5-8-16(13-18)7-3-4-12-20/h5,8-9,13,17,20H,2,4,6,10-12,14-15H2,1H3. The minimum atomic E-state index is 0.138. The smallest absolute Gasteiger partial charge is 0.0540 e. The summed E-state index contributed by atoms with van der Waals surface area (Å²) in [6, 6.07) is 8.48. The Kier molecular flexibility index (Phi) is 6.11. The molecule has 1 fully saturated rings. The fourth-order valence-corrected chi connectivity index (χ4v) is 2.93. The van der Waals surface area contributed by atoms with Gasteiger partial charge in [-0.3, -0.25) is 4.90 Å². The lowest BCUT2D eigenvalue weighted by Gasteiger charge is -2.16. The maximum Gasteiger partial charge on any atom is 0.0540 e. The first-order valence-corrected chi connectivity index (χ1v) is 7.73. The molecule has 20 heavy (non-hydrogen) atoms. The average molecular weight is 271 g/mol. The fourth-order valence-electron chi connectivity index (χ4n) is 2.93. The Hall–Kier alpha value is -1.30. The number of hydrogen-bond acceptors (Lipinski definition) is 2. The summed E-state index contributed by atoms with van der Waals surface area (Å²) in [5, 5.41) is 8.75. The zero-order chi connectivity index (χ0) is 14.2. The highest BCUT2D eigenvalue weighted by Gasteiger charge is 2.21. The lowest BCUT2D eigenvalue weighted by atomic mass is 10.0. The van der Waals surface area contributed by atoms with Gasteiger partial charge in [0.25, 0.3) is 0 Å². The summed E-state index contributed by atoms with van der Waals surface area (Å²) in [6.07, 6.45) is 4.57. The molecule has 0 aromatic heterocycles. The van der Waals surface area contributed by atoms with Gasteiger partial charge in [0.15, 0.2) is 0 Å². The first-order valence-electron chi connectivity index (χ1n) is 7.73. The molecule has 0 aliphatic carbocycles. The van der Waals surface area contributed by atoms with Gasteiger partial charge in [0.2, 0.25) is 0 Å². The molecule has 1 atom stereocenters. The van der Waals surface area contributed by atoms with E-state index >= 15 is 0 Å². The van der Waals surface area contributed by atoms with Gasteiger partial charge in [0.1, 0.15) is 0 Å². The molecule has 2 nitrogen and oxygen atoms in total. The number of benzene rings is 1. The molecule has 1 aromatic carbocycles. The van der Waals surface area contributed by atoms with E-state index in [4.69, 9.17) is 5.11 Å². The molecule has 1 aliphatic rings. The second kappa shape index (κ2) is 8.09. The number of hydrogen-bond donors (Lipinski definition) is 1. The molecular weight excluding hydrogens is 246 g/mol. The number of likely N-dealkylation sites (tertiary alicyclic amines) is 1. The van der Waals surface area contributed by atoms with Gasteiger partial charge >= 0.3 is 0 Å². The van der Waals surface area contributed by atoms with Crippen molar-refractivity contribution in [1.82, 2.24) is 4.90 Å². The highest BCUT2D eigenvalue weighted by Crippen LogP contribution is 2.22. The highest BCUT2D eigenvalue weighted by molar-refractivity contribution is 5.37. The maximum atomic E-state index is 8.75. The molecule has 0 amide bonds. The van der Waals surface area contributed by atoms with Crippen LogP contribution in [0.1, 0.15) is 43.7 Å². The minimum absolute atomic E-state index is 0.138. The van der Waals surface area contributed by atoms with Crippen LogP contribution >= 0.6 is 0 Å². The van der Waals surface area contributed by atoms with E-state index in [2.05, 4.69) is 41.9 Å². The molecule has 2 rings (SSSR count). The van der Waals surface area contributed by atoms with Crippen molar-refractivity contribution in [3.63, 3.8) is 0 Å². The van der Waals surface area contributed by atoms with Crippen molar-refractivity contribution in [2.45, 2.75) is 39.2 Å². The van der Waals surface area contributed by atoms with Crippen LogP contribution in [0.4, 0.5) is 0 Å². The molecule has 0 spiro atoms. The van der Waals surface area contributed by atoms with Gasteiger partial charge in [-0.2, -0.15) is 0 Å². The van der Waals surface area contributed by atoms with Gasteiger partial charge in [0.05, 0.1) is 6.61 Å². The lowest BCUT2D eigenvalue weighted by molar-refractivity contribution is 0.305. The molecule has 1 heterocycles. The maximum absolute atomic E-state index is 8.75. The Morgan fingerprint density at radius 1 is 1.40 bits per heavy atom. The Bertz CT molecular complexity index is 472. The second-order valence-electron chi connectivity index (χ2n) is 5.65. The Balaban J connectivity index is 1.90. The molecule has 0 saturated carbocycles. The third-order valence-corrected chi connectivity index (χ3v) is 3.87. The van der Waals surface area contributed by atoms with E-state index in [1.54, 1.807) is 0 Å².